The Morgan fingerprint density at radius 3 is 2.81 bits per heavy atom. The topological polar surface area (TPSA) is 63.8 Å². The maximum Gasteiger partial charge on any atom is 0.166 e. The number of nitrogen functional groups attached to an aromatic ring is 1. The van der Waals surface area contributed by atoms with E-state index in [1.54, 1.807) is 23.5 Å². The zero-order valence-corrected chi connectivity index (χ0v) is 13.6. The van der Waals surface area contributed by atoms with E-state index < -0.39 is 0 Å². The quantitative estimate of drug-likeness (QED) is 0.540. The van der Waals surface area contributed by atoms with Crippen LogP contribution in [0.1, 0.15) is 11.8 Å². The summed E-state index contributed by atoms with van der Waals surface area (Å²) in [6, 6.07) is 6.81. The van der Waals surface area contributed by atoms with Crippen LogP contribution in [0, 0.1) is 5.82 Å². The number of nitrogens with zero attached hydrogens (tertiary/aromatic N) is 2. The van der Waals surface area contributed by atoms with Gasteiger partial charge < -0.3 is 5.43 Å². The average Bonchev–Trinajstić information content (AvgIpc) is 2.89. The highest BCUT2D eigenvalue weighted by atomic mass is 79.9. The number of aromatic nitrogens is 2. The van der Waals surface area contributed by atoms with Crippen molar-refractivity contribution >= 4 is 43.3 Å². The van der Waals surface area contributed by atoms with Crippen LogP contribution >= 0.6 is 27.3 Å². The lowest BCUT2D eigenvalue weighted by atomic mass is 10.2. The summed E-state index contributed by atoms with van der Waals surface area (Å²) < 4.78 is 14.8. The zero-order chi connectivity index (χ0) is 15.0. The van der Waals surface area contributed by atoms with Gasteiger partial charge in [-0.25, -0.2) is 20.2 Å². The number of hydrazine groups is 1. The fourth-order valence-corrected chi connectivity index (χ4v) is 3.35. The monoisotopic (exact) mass is 366 g/mol. The highest BCUT2D eigenvalue weighted by Crippen LogP contribution is 2.32. The number of fused-ring (bicyclic) bond motifs is 1. The third kappa shape index (κ3) is 2.64. The molecule has 1 aromatic carbocycles. The van der Waals surface area contributed by atoms with Crippen molar-refractivity contribution in [2.45, 2.75) is 13.3 Å². The van der Waals surface area contributed by atoms with Crippen molar-refractivity contribution in [3.05, 3.63) is 39.4 Å². The molecule has 0 aliphatic rings. The Bertz CT molecular complexity index is 818. The molecule has 3 N–H and O–H groups in total. The molecule has 0 amide bonds. The molecule has 0 saturated heterocycles. The van der Waals surface area contributed by atoms with Crippen LogP contribution in [0.3, 0.4) is 0 Å². The van der Waals surface area contributed by atoms with Gasteiger partial charge >= 0.3 is 0 Å². The van der Waals surface area contributed by atoms with Gasteiger partial charge in [-0.05, 0) is 30.7 Å². The molecular formula is C14H12BrFN4S. The van der Waals surface area contributed by atoms with Crippen molar-refractivity contribution < 1.29 is 4.39 Å². The summed E-state index contributed by atoms with van der Waals surface area (Å²) in [6.07, 6.45) is 0.910. The van der Waals surface area contributed by atoms with Gasteiger partial charge in [-0.15, -0.1) is 11.3 Å². The van der Waals surface area contributed by atoms with Crippen LogP contribution in [0.5, 0.6) is 0 Å². The molecule has 0 aliphatic heterocycles. The van der Waals surface area contributed by atoms with Crippen LogP contribution in [-0.2, 0) is 6.42 Å². The average molecular weight is 367 g/mol. The summed E-state index contributed by atoms with van der Waals surface area (Å²) in [6.45, 7) is 2.07. The Morgan fingerprint density at radius 2 is 2.14 bits per heavy atom. The predicted molar refractivity (Wildman–Crippen MR) is 87.7 cm³/mol. The van der Waals surface area contributed by atoms with E-state index in [0.29, 0.717) is 21.7 Å². The molecule has 7 heteroatoms. The van der Waals surface area contributed by atoms with E-state index in [-0.39, 0.29) is 5.82 Å². The van der Waals surface area contributed by atoms with Gasteiger partial charge in [0, 0.05) is 9.35 Å². The van der Waals surface area contributed by atoms with Crippen molar-refractivity contribution in [2.24, 2.45) is 5.84 Å². The first-order valence-corrected chi connectivity index (χ1v) is 7.95. The molecule has 0 spiro atoms. The molecule has 21 heavy (non-hydrogen) atoms. The summed E-state index contributed by atoms with van der Waals surface area (Å²) in [5.41, 5.74) is 2.92. The lowest BCUT2D eigenvalue weighted by Crippen LogP contribution is -2.10. The minimum Gasteiger partial charge on any atom is -0.308 e. The molecule has 0 saturated carbocycles. The first kappa shape index (κ1) is 14.4. The highest BCUT2D eigenvalue weighted by molar-refractivity contribution is 9.10. The summed E-state index contributed by atoms with van der Waals surface area (Å²) in [4.78, 5) is 10.8. The molecule has 2 aromatic heterocycles. The molecule has 3 rings (SSSR count). The fraction of sp³-hybridized carbons (Fsp3) is 0.143. The van der Waals surface area contributed by atoms with Gasteiger partial charge in [0.05, 0.1) is 10.9 Å². The van der Waals surface area contributed by atoms with E-state index in [4.69, 9.17) is 5.84 Å². The summed E-state index contributed by atoms with van der Waals surface area (Å²) in [7, 11) is 0. The second-order valence-electron chi connectivity index (χ2n) is 4.45. The second-order valence-corrected chi connectivity index (χ2v) is 6.48. The zero-order valence-electron chi connectivity index (χ0n) is 11.2. The number of rotatable bonds is 3. The first-order valence-electron chi connectivity index (χ1n) is 6.35. The van der Waals surface area contributed by atoms with E-state index >= 15 is 0 Å². The molecule has 0 radical (unpaired) electrons. The van der Waals surface area contributed by atoms with Gasteiger partial charge in [0.1, 0.15) is 10.6 Å². The minimum atomic E-state index is -0.376. The van der Waals surface area contributed by atoms with Crippen LogP contribution in [0.2, 0.25) is 0 Å². The van der Waals surface area contributed by atoms with Crippen molar-refractivity contribution in [1.29, 1.82) is 0 Å². The number of thiophene rings is 1. The number of hydrogen-bond donors (Lipinski definition) is 2. The predicted octanol–water partition coefficient (Wildman–Crippen LogP) is 4.11. The largest absolute Gasteiger partial charge is 0.308 e. The second kappa shape index (κ2) is 5.67. The lowest BCUT2D eigenvalue weighted by Gasteiger charge is -2.06. The van der Waals surface area contributed by atoms with Crippen LogP contribution in [0.4, 0.5) is 10.2 Å². The number of anilines is 1. The number of nitrogens with one attached hydrogen (secondary N) is 1. The van der Waals surface area contributed by atoms with E-state index in [0.717, 1.165) is 16.6 Å². The molecule has 4 nitrogen and oxygen atoms in total. The van der Waals surface area contributed by atoms with E-state index in [1.165, 1.54) is 10.9 Å². The minimum absolute atomic E-state index is 0.324. The maximum atomic E-state index is 14.1. The Hall–Kier alpha value is -1.57. The summed E-state index contributed by atoms with van der Waals surface area (Å²) in [5.74, 6) is 5.99. The van der Waals surface area contributed by atoms with Gasteiger partial charge in [-0.3, -0.25) is 0 Å². The first-order chi connectivity index (χ1) is 10.1. The van der Waals surface area contributed by atoms with Crippen molar-refractivity contribution in [3.8, 4) is 11.4 Å². The molecule has 0 aliphatic carbocycles. The summed E-state index contributed by atoms with van der Waals surface area (Å²) in [5, 5.41) is 0.862. The smallest absolute Gasteiger partial charge is 0.166 e. The third-order valence-electron chi connectivity index (χ3n) is 3.10. The fourth-order valence-electron chi connectivity index (χ4n) is 2.05. The van der Waals surface area contributed by atoms with E-state index in [1.807, 2.05) is 6.07 Å². The number of nitrogens with two attached hydrogens (primary N) is 1. The molecule has 108 valence electrons. The molecule has 0 bridgehead atoms. The van der Waals surface area contributed by atoms with Gasteiger partial charge in [0.15, 0.2) is 11.6 Å². The van der Waals surface area contributed by atoms with Gasteiger partial charge in [-0.1, -0.05) is 22.9 Å². The van der Waals surface area contributed by atoms with E-state index in [9.17, 15) is 4.39 Å². The van der Waals surface area contributed by atoms with Crippen LogP contribution in [0.25, 0.3) is 21.6 Å². The SMILES string of the molecule is CCc1cc2c(NN)nc(-c3ccc(Br)cc3F)nc2s1. The van der Waals surface area contributed by atoms with Gasteiger partial charge in [-0.2, -0.15) is 0 Å². The van der Waals surface area contributed by atoms with Crippen molar-refractivity contribution in [3.63, 3.8) is 0 Å². The molecule has 0 unspecified atom stereocenters. The molecule has 0 fully saturated rings. The Morgan fingerprint density at radius 1 is 1.33 bits per heavy atom. The van der Waals surface area contributed by atoms with Gasteiger partial charge in [0.25, 0.3) is 0 Å². The standard InChI is InChI=1S/C14H12BrFN4S/c1-2-8-6-10-13(20-17)18-12(19-14(10)21-8)9-4-3-7(15)5-11(9)16/h3-6H,2,17H2,1H3,(H,18,19,20). The van der Waals surface area contributed by atoms with Crippen molar-refractivity contribution in [2.75, 3.05) is 5.43 Å². The third-order valence-corrected chi connectivity index (χ3v) is 4.77. The van der Waals surface area contributed by atoms with Crippen LogP contribution in [0.15, 0.2) is 28.7 Å². The Kier molecular flexibility index (Phi) is 3.88. The normalized spacial score (nSPS) is 11.0. The summed E-state index contributed by atoms with van der Waals surface area (Å²) >= 11 is 4.80. The number of halogens is 2. The molecule has 0 atom stereocenters. The number of benzene rings is 1. The Balaban J connectivity index is 2.23. The van der Waals surface area contributed by atoms with Crippen LogP contribution in [-0.4, -0.2) is 9.97 Å². The highest BCUT2D eigenvalue weighted by Gasteiger charge is 2.14. The molecular weight excluding hydrogens is 355 g/mol. The van der Waals surface area contributed by atoms with Gasteiger partial charge in [0.2, 0.25) is 0 Å². The molecule has 2 heterocycles. The number of hydrogen-bond acceptors (Lipinski definition) is 5. The van der Waals surface area contributed by atoms with E-state index in [2.05, 4.69) is 38.2 Å². The molecule has 3 aromatic rings. The van der Waals surface area contributed by atoms with Crippen LogP contribution < -0.4 is 11.3 Å². The maximum absolute atomic E-state index is 14.1. The lowest BCUT2D eigenvalue weighted by molar-refractivity contribution is 0.629. The number of aryl methyl sites for hydroxylation is 1. The Labute approximate surface area is 133 Å². The van der Waals surface area contributed by atoms with Crippen molar-refractivity contribution in [1.82, 2.24) is 9.97 Å².